The first kappa shape index (κ1) is 16.6. The van der Waals surface area contributed by atoms with Crippen LogP contribution < -0.4 is 5.32 Å². The molecule has 1 nitrogen and oxygen atoms in total. The number of rotatable bonds is 6. The standard InChI is InChI=1S/C17H29NS/c1-7-16(18-8-2)13(3)19-15-11-9-14(10-12-15)17(4,5)6/h9-13,16,18H,7-8H2,1-6H3. The van der Waals surface area contributed by atoms with Gasteiger partial charge in [-0.2, -0.15) is 0 Å². The van der Waals surface area contributed by atoms with Gasteiger partial charge < -0.3 is 5.32 Å². The van der Waals surface area contributed by atoms with Gasteiger partial charge in [0.25, 0.3) is 0 Å². The zero-order valence-electron chi connectivity index (χ0n) is 13.3. The van der Waals surface area contributed by atoms with Crippen LogP contribution >= 0.6 is 11.8 Å². The molecule has 0 bridgehead atoms. The highest BCUT2D eigenvalue weighted by Crippen LogP contribution is 2.29. The molecule has 2 heteroatoms. The summed E-state index contributed by atoms with van der Waals surface area (Å²) in [5, 5.41) is 4.17. The monoisotopic (exact) mass is 279 g/mol. The van der Waals surface area contributed by atoms with Crippen molar-refractivity contribution in [2.24, 2.45) is 0 Å². The van der Waals surface area contributed by atoms with Gasteiger partial charge >= 0.3 is 0 Å². The molecule has 2 atom stereocenters. The van der Waals surface area contributed by atoms with E-state index in [9.17, 15) is 0 Å². The molecule has 0 aliphatic heterocycles. The van der Waals surface area contributed by atoms with Crippen molar-refractivity contribution in [1.29, 1.82) is 0 Å². The smallest absolute Gasteiger partial charge is 0.0220 e. The molecule has 1 N–H and O–H groups in total. The number of nitrogens with one attached hydrogen (secondary N) is 1. The first-order valence-electron chi connectivity index (χ1n) is 7.39. The Morgan fingerprint density at radius 3 is 2.11 bits per heavy atom. The van der Waals surface area contributed by atoms with Gasteiger partial charge in [-0.1, -0.05) is 53.7 Å². The summed E-state index contributed by atoms with van der Waals surface area (Å²) in [5.74, 6) is 0. The second-order valence-electron chi connectivity index (χ2n) is 6.17. The lowest BCUT2D eigenvalue weighted by Gasteiger charge is -2.24. The first-order chi connectivity index (χ1) is 8.88. The summed E-state index contributed by atoms with van der Waals surface area (Å²) in [6.45, 7) is 14.6. The maximum Gasteiger partial charge on any atom is 0.0220 e. The average Bonchev–Trinajstić information content (AvgIpc) is 2.35. The van der Waals surface area contributed by atoms with Crippen LogP contribution in [0.2, 0.25) is 0 Å². The van der Waals surface area contributed by atoms with Gasteiger partial charge in [-0.05, 0) is 36.1 Å². The summed E-state index contributed by atoms with van der Waals surface area (Å²) < 4.78 is 0. The van der Waals surface area contributed by atoms with Gasteiger partial charge in [0.2, 0.25) is 0 Å². The molecule has 0 heterocycles. The Hall–Kier alpha value is -0.470. The maximum absolute atomic E-state index is 3.57. The Labute approximate surface area is 123 Å². The summed E-state index contributed by atoms with van der Waals surface area (Å²) in [6.07, 6.45) is 1.18. The lowest BCUT2D eigenvalue weighted by atomic mass is 9.87. The van der Waals surface area contributed by atoms with Crippen molar-refractivity contribution in [3.8, 4) is 0 Å². The van der Waals surface area contributed by atoms with Crippen LogP contribution in [0.25, 0.3) is 0 Å². The van der Waals surface area contributed by atoms with E-state index >= 15 is 0 Å². The summed E-state index contributed by atoms with van der Waals surface area (Å²) in [6, 6.07) is 9.66. The third-order valence-electron chi connectivity index (χ3n) is 3.52. The SMILES string of the molecule is CCNC(CC)C(C)Sc1ccc(C(C)(C)C)cc1. The molecule has 1 aromatic carbocycles. The Kier molecular flexibility index (Phi) is 6.41. The predicted octanol–water partition coefficient (Wildman–Crippen LogP) is 4.85. The molecule has 0 spiro atoms. The van der Waals surface area contributed by atoms with Crippen LogP contribution in [0.15, 0.2) is 29.2 Å². The molecule has 0 saturated heterocycles. The van der Waals surface area contributed by atoms with E-state index in [1.54, 1.807) is 0 Å². The minimum atomic E-state index is 0.241. The number of thioether (sulfide) groups is 1. The fraction of sp³-hybridized carbons (Fsp3) is 0.647. The van der Waals surface area contributed by atoms with E-state index in [2.05, 4.69) is 71.1 Å². The molecule has 19 heavy (non-hydrogen) atoms. The van der Waals surface area contributed by atoms with Crippen molar-refractivity contribution in [1.82, 2.24) is 5.32 Å². The first-order valence-corrected chi connectivity index (χ1v) is 8.27. The van der Waals surface area contributed by atoms with Crippen LogP contribution in [0.3, 0.4) is 0 Å². The van der Waals surface area contributed by atoms with E-state index in [0.717, 1.165) is 6.54 Å². The molecule has 0 fully saturated rings. The Balaban J connectivity index is 2.67. The molecule has 1 rings (SSSR count). The highest BCUT2D eigenvalue weighted by atomic mass is 32.2. The molecular weight excluding hydrogens is 250 g/mol. The summed E-state index contributed by atoms with van der Waals surface area (Å²) in [5.41, 5.74) is 1.65. The number of benzene rings is 1. The Bertz CT molecular complexity index is 364. The zero-order valence-corrected chi connectivity index (χ0v) is 14.1. The van der Waals surface area contributed by atoms with Gasteiger partial charge in [-0.3, -0.25) is 0 Å². The topological polar surface area (TPSA) is 12.0 Å². The van der Waals surface area contributed by atoms with E-state index in [4.69, 9.17) is 0 Å². The minimum Gasteiger partial charge on any atom is -0.313 e. The van der Waals surface area contributed by atoms with Gasteiger partial charge in [0.1, 0.15) is 0 Å². The third kappa shape index (κ3) is 5.19. The van der Waals surface area contributed by atoms with Crippen LogP contribution in [-0.4, -0.2) is 17.8 Å². The third-order valence-corrected chi connectivity index (χ3v) is 4.76. The molecule has 0 saturated carbocycles. The predicted molar refractivity (Wildman–Crippen MR) is 88.2 cm³/mol. The van der Waals surface area contributed by atoms with Gasteiger partial charge in [0.05, 0.1) is 0 Å². The zero-order chi connectivity index (χ0) is 14.5. The lowest BCUT2D eigenvalue weighted by molar-refractivity contribution is 0.509. The fourth-order valence-electron chi connectivity index (χ4n) is 2.23. The molecule has 0 radical (unpaired) electrons. The molecule has 108 valence electrons. The second-order valence-corrected chi connectivity index (χ2v) is 7.62. The molecule has 2 unspecified atom stereocenters. The molecule has 0 aliphatic rings. The van der Waals surface area contributed by atoms with Gasteiger partial charge in [0.15, 0.2) is 0 Å². The van der Waals surface area contributed by atoms with Gasteiger partial charge in [-0.15, -0.1) is 11.8 Å². The van der Waals surface area contributed by atoms with Crippen LogP contribution in [-0.2, 0) is 5.41 Å². The quantitative estimate of drug-likeness (QED) is 0.747. The average molecular weight is 279 g/mol. The molecule has 0 aliphatic carbocycles. The van der Waals surface area contributed by atoms with Crippen LogP contribution in [0.5, 0.6) is 0 Å². The van der Waals surface area contributed by atoms with E-state index < -0.39 is 0 Å². The van der Waals surface area contributed by atoms with Crippen LogP contribution in [0.4, 0.5) is 0 Å². The van der Waals surface area contributed by atoms with Gasteiger partial charge in [0, 0.05) is 16.2 Å². The van der Waals surface area contributed by atoms with Crippen molar-refractivity contribution < 1.29 is 0 Å². The van der Waals surface area contributed by atoms with E-state index in [1.807, 2.05) is 11.8 Å². The number of hydrogen-bond donors (Lipinski definition) is 1. The van der Waals surface area contributed by atoms with Crippen molar-refractivity contribution in [3.63, 3.8) is 0 Å². The number of hydrogen-bond acceptors (Lipinski definition) is 2. The van der Waals surface area contributed by atoms with Crippen LogP contribution in [0, 0.1) is 0 Å². The highest BCUT2D eigenvalue weighted by Gasteiger charge is 2.16. The van der Waals surface area contributed by atoms with E-state index in [-0.39, 0.29) is 5.41 Å². The van der Waals surface area contributed by atoms with Gasteiger partial charge in [-0.25, -0.2) is 0 Å². The van der Waals surface area contributed by atoms with E-state index in [1.165, 1.54) is 16.9 Å². The summed E-state index contributed by atoms with van der Waals surface area (Å²) in [7, 11) is 0. The van der Waals surface area contributed by atoms with Crippen molar-refractivity contribution in [3.05, 3.63) is 29.8 Å². The molecule has 0 aromatic heterocycles. The minimum absolute atomic E-state index is 0.241. The largest absolute Gasteiger partial charge is 0.313 e. The molecule has 0 amide bonds. The summed E-state index contributed by atoms with van der Waals surface area (Å²) in [4.78, 5) is 1.37. The summed E-state index contributed by atoms with van der Waals surface area (Å²) >= 11 is 1.97. The highest BCUT2D eigenvalue weighted by molar-refractivity contribution is 8.00. The Morgan fingerprint density at radius 1 is 1.11 bits per heavy atom. The molecule has 1 aromatic rings. The normalized spacial score (nSPS) is 15.3. The lowest BCUT2D eigenvalue weighted by Crippen LogP contribution is -2.35. The maximum atomic E-state index is 3.57. The molecular formula is C17H29NS. The Morgan fingerprint density at radius 2 is 1.68 bits per heavy atom. The van der Waals surface area contributed by atoms with Crippen molar-refractivity contribution in [2.45, 2.75) is 69.6 Å². The van der Waals surface area contributed by atoms with Crippen molar-refractivity contribution in [2.75, 3.05) is 6.54 Å². The van der Waals surface area contributed by atoms with Crippen molar-refractivity contribution >= 4 is 11.8 Å². The van der Waals surface area contributed by atoms with E-state index in [0.29, 0.717) is 11.3 Å². The fourth-order valence-corrected chi connectivity index (χ4v) is 3.41. The van der Waals surface area contributed by atoms with Crippen LogP contribution in [0.1, 0.15) is 53.5 Å². The second kappa shape index (κ2) is 7.35.